The average molecular weight is 385 g/mol. The van der Waals surface area contributed by atoms with E-state index in [1.54, 1.807) is 0 Å². The lowest BCUT2D eigenvalue weighted by atomic mass is 9.87. The van der Waals surface area contributed by atoms with Gasteiger partial charge in [-0.25, -0.2) is 0 Å². The first kappa shape index (κ1) is 21.0. The number of benzene rings is 1. The number of hydrogen-bond donors (Lipinski definition) is 4. The van der Waals surface area contributed by atoms with Gasteiger partial charge in [0.15, 0.2) is 5.75 Å². The number of hydrogen-bond acceptors (Lipinski definition) is 6. The molecule has 2 aromatic carbocycles. The van der Waals surface area contributed by atoms with Gasteiger partial charge in [0.25, 0.3) is 16.8 Å². The number of amides is 1. The first-order chi connectivity index (χ1) is 12.9. The highest BCUT2D eigenvalue weighted by Gasteiger charge is 2.28. The van der Waals surface area contributed by atoms with Crippen LogP contribution in [0.4, 0.5) is 17.1 Å². The molecule has 1 amide bonds. The van der Waals surface area contributed by atoms with Gasteiger partial charge in [-0.2, -0.15) is 0 Å². The van der Waals surface area contributed by atoms with E-state index in [1.807, 2.05) is 27.7 Å². The van der Waals surface area contributed by atoms with Crippen LogP contribution in [0, 0.1) is 11.5 Å². The van der Waals surface area contributed by atoms with Crippen LogP contribution >= 0.6 is 0 Å². The van der Waals surface area contributed by atoms with Crippen molar-refractivity contribution < 1.29 is 15.2 Å². The Labute approximate surface area is 163 Å². The Balaban J connectivity index is 2.48. The second-order valence-corrected chi connectivity index (χ2v) is 8.01. The van der Waals surface area contributed by atoms with Gasteiger partial charge in [0, 0.05) is 20.1 Å². The number of rotatable bonds is 5. The molecule has 0 fully saturated rings. The molecule has 0 aliphatic rings. The van der Waals surface area contributed by atoms with Gasteiger partial charge in [-0.15, -0.1) is 0 Å². The molecular weight excluding hydrogens is 360 g/mol. The van der Waals surface area contributed by atoms with E-state index in [0.717, 1.165) is 0 Å². The molecule has 28 heavy (non-hydrogen) atoms. The molecule has 0 unspecified atom stereocenters. The quantitative estimate of drug-likeness (QED) is 0.437. The molecule has 148 valence electrons. The molecule has 2 rings (SSSR count). The fraction of sp³-hybridized carbons (Fsp3) is 0.400. The van der Waals surface area contributed by atoms with Gasteiger partial charge in [-0.3, -0.25) is 14.4 Å². The predicted molar refractivity (Wildman–Crippen MR) is 107 cm³/mol. The molecule has 1 atom stereocenters. The van der Waals surface area contributed by atoms with Gasteiger partial charge in [0.1, 0.15) is 16.9 Å². The number of aromatic hydroxyl groups is 1. The van der Waals surface area contributed by atoms with Crippen molar-refractivity contribution in [3.05, 3.63) is 43.7 Å². The largest absolute Gasteiger partial charge is 0.505 e. The van der Waals surface area contributed by atoms with Crippen LogP contribution in [-0.2, 0) is 0 Å². The molecule has 0 aliphatic heterocycles. The molecule has 4 N–H and O–H groups in total. The summed E-state index contributed by atoms with van der Waals surface area (Å²) in [5.74, 6) is -0.845. The Morgan fingerprint density at radius 3 is 2.25 bits per heavy atom. The normalized spacial score (nSPS) is 12.3. The first-order valence-electron chi connectivity index (χ1n) is 8.76. The minimum atomic E-state index is -0.715. The molecule has 0 bridgehead atoms. The maximum Gasteiger partial charge on any atom is 0.308 e. The van der Waals surface area contributed by atoms with E-state index in [-0.39, 0.29) is 45.4 Å². The van der Waals surface area contributed by atoms with Crippen molar-refractivity contribution in [2.75, 3.05) is 24.7 Å². The first-order valence-corrected chi connectivity index (χ1v) is 8.76. The summed E-state index contributed by atoms with van der Waals surface area (Å²) in [6.07, 6.45) is 0. The number of carbonyl (C=O) groups excluding carboxylic acids is 1. The van der Waals surface area contributed by atoms with E-state index in [4.69, 9.17) is 5.26 Å². The van der Waals surface area contributed by atoms with Crippen molar-refractivity contribution in [2.45, 2.75) is 33.7 Å². The molecule has 0 aromatic heterocycles. The van der Waals surface area contributed by atoms with Crippen LogP contribution < -0.4 is 26.8 Å². The van der Waals surface area contributed by atoms with E-state index >= 15 is 0 Å². The summed E-state index contributed by atoms with van der Waals surface area (Å²) in [4.78, 5) is 37.7. The van der Waals surface area contributed by atoms with Gasteiger partial charge in [-0.1, -0.05) is 26.0 Å². The lowest BCUT2D eigenvalue weighted by Gasteiger charge is -2.30. The lowest BCUT2D eigenvalue weighted by molar-refractivity contribution is -0.0909. The standard InChI is InChI=1S/C20H24N4O4/c1-10(20(2,3)4)22-14-15(18(27)17(14)26)23-13-8-11(9-21)7-12(16(13)25)19(28)24(5)6/h7-8,10,22-23,25H,1-6H3/p+1/t10-/m0/s1. The van der Waals surface area contributed by atoms with Crippen LogP contribution in [0.2, 0.25) is 0 Å². The summed E-state index contributed by atoms with van der Waals surface area (Å²) in [5.41, 5.74) is -1.12. The highest BCUT2D eigenvalue weighted by molar-refractivity contribution is 5.99. The summed E-state index contributed by atoms with van der Waals surface area (Å²) in [7, 11) is 3.06. The second kappa shape index (κ2) is 7.35. The summed E-state index contributed by atoms with van der Waals surface area (Å²) < 4.78 is 0. The van der Waals surface area contributed by atoms with Gasteiger partial charge < -0.3 is 20.6 Å². The maximum absolute atomic E-state index is 12.3. The maximum atomic E-state index is 12.3. The van der Waals surface area contributed by atoms with Crippen molar-refractivity contribution in [3.8, 4) is 11.8 Å². The lowest BCUT2D eigenvalue weighted by Crippen LogP contribution is -2.41. The van der Waals surface area contributed by atoms with Crippen LogP contribution in [0.5, 0.6) is 5.75 Å². The molecule has 8 heteroatoms. The highest BCUT2D eigenvalue weighted by atomic mass is 16.3. The number of anilines is 3. The molecular formula is C20H25N4O4+. The van der Waals surface area contributed by atoms with Crippen molar-refractivity contribution in [2.24, 2.45) is 5.41 Å². The molecule has 0 aliphatic carbocycles. The number of carbonyl (C=O) groups is 1. The van der Waals surface area contributed by atoms with E-state index in [1.165, 1.54) is 31.1 Å². The minimum absolute atomic E-state index is 0.0155. The van der Waals surface area contributed by atoms with Crippen molar-refractivity contribution in [1.82, 2.24) is 4.90 Å². The predicted octanol–water partition coefficient (Wildman–Crippen LogP) is 0.401. The summed E-state index contributed by atoms with van der Waals surface area (Å²) in [6, 6.07) is 4.78. The van der Waals surface area contributed by atoms with E-state index in [9.17, 15) is 19.5 Å². The number of nitrogens with one attached hydrogen (secondary N) is 3. The fourth-order valence-corrected chi connectivity index (χ4v) is 2.42. The summed E-state index contributed by atoms with van der Waals surface area (Å²) in [5, 5.41) is 23.6. The Morgan fingerprint density at radius 1 is 1.18 bits per heavy atom. The van der Waals surface area contributed by atoms with Gasteiger partial charge in [0.05, 0.1) is 11.3 Å². The minimum Gasteiger partial charge on any atom is -0.505 e. The number of phenolic OH excluding ortho intramolecular Hbond substituents is 1. The van der Waals surface area contributed by atoms with Gasteiger partial charge >= 0.3 is 6.07 Å². The van der Waals surface area contributed by atoms with Crippen LogP contribution in [0.15, 0.2) is 21.7 Å². The Morgan fingerprint density at radius 2 is 1.75 bits per heavy atom. The molecule has 8 nitrogen and oxygen atoms in total. The van der Waals surface area contributed by atoms with Crippen LogP contribution in [0.1, 0.15) is 43.6 Å². The topological polar surface area (TPSA) is 123 Å². The molecule has 0 radical (unpaired) electrons. The highest BCUT2D eigenvalue weighted by Crippen LogP contribution is 2.34. The molecule has 0 saturated heterocycles. The summed E-state index contributed by atoms with van der Waals surface area (Å²) >= 11 is 0. The van der Waals surface area contributed by atoms with Crippen molar-refractivity contribution in [3.63, 3.8) is 0 Å². The average Bonchev–Trinajstić information content (AvgIpc) is 2.63. The van der Waals surface area contributed by atoms with E-state index in [0.29, 0.717) is 0 Å². The zero-order valence-corrected chi connectivity index (χ0v) is 16.9. The third-order valence-corrected chi connectivity index (χ3v) is 4.72. The van der Waals surface area contributed by atoms with Crippen molar-refractivity contribution in [1.29, 1.82) is 0 Å². The van der Waals surface area contributed by atoms with Crippen LogP contribution in [-0.4, -0.2) is 36.1 Å². The zero-order valence-electron chi connectivity index (χ0n) is 16.9. The van der Waals surface area contributed by atoms with Crippen molar-refractivity contribution >= 4 is 23.0 Å². The third kappa shape index (κ3) is 3.83. The monoisotopic (exact) mass is 385 g/mol. The van der Waals surface area contributed by atoms with Gasteiger partial charge in [-0.05, 0) is 24.5 Å². The van der Waals surface area contributed by atoms with Gasteiger partial charge in [0.2, 0.25) is 0 Å². The fourth-order valence-electron chi connectivity index (χ4n) is 2.42. The molecule has 2 aromatic rings. The van der Waals surface area contributed by atoms with Crippen LogP contribution in [0.25, 0.3) is 0 Å². The molecule has 0 heterocycles. The third-order valence-electron chi connectivity index (χ3n) is 4.72. The number of nitrogens with zero attached hydrogens (tertiary/aromatic N) is 1. The molecule has 0 spiro atoms. The zero-order chi connectivity index (χ0) is 21.4. The second-order valence-electron chi connectivity index (χ2n) is 8.01. The smallest absolute Gasteiger partial charge is 0.308 e. The Hall–Kier alpha value is -3.34. The van der Waals surface area contributed by atoms with Crippen LogP contribution in [0.3, 0.4) is 0 Å². The number of phenols is 1. The van der Waals surface area contributed by atoms with E-state index < -0.39 is 16.8 Å². The molecule has 0 saturated carbocycles. The summed E-state index contributed by atoms with van der Waals surface area (Å²) in [6.45, 7) is 7.89. The SMILES string of the molecule is C[C@H](Nc1c(Nc2cc(C#[NH+])cc(C(=O)N(C)C)c2O)c(=O)c1=O)C(C)(C)C. The van der Waals surface area contributed by atoms with E-state index in [2.05, 4.69) is 16.7 Å². The Bertz CT molecular complexity index is 1030. The Kier molecular flexibility index (Phi) is 5.50.